The van der Waals surface area contributed by atoms with Gasteiger partial charge in [-0.3, -0.25) is 0 Å². The zero-order chi connectivity index (χ0) is 12.6. The molecule has 18 heavy (non-hydrogen) atoms. The van der Waals surface area contributed by atoms with Crippen LogP contribution in [0.25, 0.3) is 10.9 Å². The monoisotopic (exact) mass is 247 g/mol. The Hall–Kier alpha value is -1.72. The molecule has 1 aromatic carbocycles. The molecule has 1 heterocycles. The molecule has 0 unspecified atom stereocenters. The lowest BCUT2D eigenvalue weighted by Crippen LogP contribution is -2.24. The summed E-state index contributed by atoms with van der Waals surface area (Å²) in [5.41, 5.74) is 0.898. The van der Waals surface area contributed by atoms with Crippen LogP contribution in [0.3, 0.4) is 0 Å². The van der Waals surface area contributed by atoms with E-state index in [0.29, 0.717) is 19.2 Å². The zero-order valence-electron chi connectivity index (χ0n) is 10.4. The van der Waals surface area contributed by atoms with Gasteiger partial charge in [0.2, 0.25) is 0 Å². The predicted molar refractivity (Wildman–Crippen MR) is 69.8 cm³/mol. The number of methoxy groups -OCH3 is 1. The van der Waals surface area contributed by atoms with E-state index in [1.807, 2.05) is 24.3 Å². The highest BCUT2D eigenvalue weighted by atomic mass is 16.5. The first-order chi connectivity index (χ1) is 8.90. The number of hydrogen-bond acceptors (Lipinski definition) is 5. The molecule has 1 aromatic heterocycles. The van der Waals surface area contributed by atoms with Crippen LogP contribution in [0, 0.1) is 0 Å². The largest absolute Gasteiger partial charge is 0.462 e. The van der Waals surface area contributed by atoms with Crippen LogP contribution in [0.2, 0.25) is 0 Å². The summed E-state index contributed by atoms with van der Waals surface area (Å²) >= 11 is 0. The Kier molecular flexibility index (Phi) is 4.87. The van der Waals surface area contributed by atoms with E-state index in [-0.39, 0.29) is 0 Å². The van der Waals surface area contributed by atoms with Gasteiger partial charge < -0.3 is 14.8 Å². The first-order valence-electron chi connectivity index (χ1n) is 5.94. The number of ether oxygens (including phenoxy) is 2. The van der Waals surface area contributed by atoms with E-state index in [1.165, 1.54) is 0 Å². The Morgan fingerprint density at radius 3 is 2.89 bits per heavy atom. The van der Waals surface area contributed by atoms with Crippen molar-refractivity contribution in [2.24, 2.45) is 0 Å². The van der Waals surface area contributed by atoms with Gasteiger partial charge in [-0.1, -0.05) is 18.2 Å². The molecular formula is C13H17N3O2. The third-order valence-electron chi connectivity index (χ3n) is 2.46. The molecule has 0 spiro atoms. The molecule has 0 aliphatic heterocycles. The van der Waals surface area contributed by atoms with Crippen molar-refractivity contribution < 1.29 is 9.47 Å². The smallest absolute Gasteiger partial charge is 0.316 e. The summed E-state index contributed by atoms with van der Waals surface area (Å²) in [6.07, 6.45) is 1.77. The molecule has 5 nitrogen and oxygen atoms in total. The standard InChI is InChI=1S/C13H17N3O2/c1-17-8-6-14-7-9-18-13-15-10-11-4-2-3-5-12(11)16-13/h2-5,10,14H,6-9H2,1H3. The van der Waals surface area contributed by atoms with Crippen LogP contribution < -0.4 is 10.1 Å². The first kappa shape index (κ1) is 12.7. The summed E-state index contributed by atoms with van der Waals surface area (Å²) in [4.78, 5) is 8.48. The molecule has 2 aromatic rings. The van der Waals surface area contributed by atoms with E-state index >= 15 is 0 Å². The highest BCUT2D eigenvalue weighted by molar-refractivity contribution is 5.77. The third-order valence-corrected chi connectivity index (χ3v) is 2.46. The minimum Gasteiger partial charge on any atom is -0.462 e. The van der Waals surface area contributed by atoms with E-state index in [0.717, 1.165) is 24.0 Å². The molecule has 0 amide bonds. The molecule has 0 radical (unpaired) electrons. The van der Waals surface area contributed by atoms with E-state index in [2.05, 4.69) is 15.3 Å². The van der Waals surface area contributed by atoms with E-state index < -0.39 is 0 Å². The molecule has 0 aliphatic rings. The Labute approximate surface area is 106 Å². The maximum atomic E-state index is 5.47. The van der Waals surface area contributed by atoms with Crippen molar-refractivity contribution in [3.8, 4) is 6.01 Å². The molecule has 5 heteroatoms. The Morgan fingerprint density at radius 1 is 1.17 bits per heavy atom. The Morgan fingerprint density at radius 2 is 2.00 bits per heavy atom. The van der Waals surface area contributed by atoms with Gasteiger partial charge in [0.1, 0.15) is 6.61 Å². The number of aromatic nitrogens is 2. The fourth-order valence-corrected chi connectivity index (χ4v) is 1.54. The molecular weight excluding hydrogens is 230 g/mol. The molecule has 0 aliphatic carbocycles. The van der Waals surface area contributed by atoms with Gasteiger partial charge in [-0.2, -0.15) is 4.98 Å². The van der Waals surface area contributed by atoms with Gasteiger partial charge in [0.15, 0.2) is 0 Å². The van der Waals surface area contributed by atoms with Gasteiger partial charge in [0.25, 0.3) is 0 Å². The van der Waals surface area contributed by atoms with Gasteiger partial charge in [0.05, 0.1) is 12.1 Å². The number of para-hydroxylation sites is 1. The lowest BCUT2D eigenvalue weighted by Gasteiger charge is -2.06. The van der Waals surface area contributed by atoms with Crippen molar-refractivity contribution in [1.82, 2.24) is 15.3 Å². The number of nitrogens with one attached hydrogen (secondary N) is 1. The van der Waals surface area contributed by atoms with Crippen molar-refractivity contribution in [1.29, 1.82) is 0 Å². The van der Waals surface area contributed by atoms with Gasteiger partial charge >= 0.3 is 6.01 Å². The molecule has 1 N–H and O–H groups in total. The zero-order valence-corrected chi connectivity index (χ0v) is 10.4. The normalized spacial score (nSPS) is 10.7. The summed E-state index contributed by atoms with van der Waals surface area (Å²) < 4.78 is 10.4. The summed E-state index contributed by atoms with van der Waals surface area (Å²) in [5.74, 6) is 0. The lowest BCUT2D eigenvalue weighted by atomic mass is 10.2. The molecule has 96 valence electrons. The lowest BCUT2D eigenvalue weighted by molar-refractivity contribution is 0.196. The average Bonchev–Trinajstić information content (AvgIpc) is 2.42. The van der Waals surface area contributed by atoms with Crippen molar-refractivity contribution in [3.63, 3.8) is 0 Å². The van der Waals surface area contributed by atoms with Crippen LogP contribution in [-0.4, -0.2) is 43.4 Å². The number of hydrogen-bond donors (Lipinski definition) is 1. The van der Waals surface area contributed by atoms with Crippen LogP contribution in [0.15, 0.2) is 30.5 Å². The number of fused-ring (bicyclic) bond motifs is 1. The van der Waals surface area contributed by atoms with Crippen LogP contribution >= 0.6 is 0 Å². The van der Waals surface area contributed by atoms with Crippen LogP contribution in [0.4, 0.5) is 0 Å². The third kappa shape index (κ3) is 3.65. The minimum absolute atomic E-state index is 0.419. The second-order valence-corrected chi connectivity index (χ2v) is 3.80. The number of nitrogens with zero attached hydrogens (tertiary/aromatic N) is 2. The van der Waals surface area contributed by atoms with Crippen LogP contribution in [0.1, 0.15) is 0 Å². The van der Waals surface area contributed by atoms with E-state index in [4.69, 9.17) is 9.47 Å². The predicted octanol–water partition coefficient (Wildman–Crippen LogP) is 1.24. The molecule has 2 rings (SSSR count). The molecule has 0 atom stereocenters. The SMILES string of the molecule is COCCNCCOc1ncc2ccccc2n1. The van der Waals surface area contributed by atoms with E-state index in [9.17, 15) is 0 Å². The highest BCUT2D eigenvalue weighted by Crippen LogP contribution is 2.12. The number of rotatable bonds is 7. The highest BCUT2D eigenvalue weighted by Gasteiger charge is 1.99. The van der Waals surface area contributed by atoms with Crippen LogP contribution in [-0.2, 0) is 4.74 Å². The average molecular weight is 247 g/mol. The van der Waals surface area contributed by atoms with Crippen molar-refractivity contribution in [2.75, 3.05) is 33.4 Å². The van der Waals surface area contributed by atoms with Gasteiger partial charge in [-0.05, 0) is 6.07 Å². The maximum Gasteiger partial charge on any atom is 0.316 e. The van der Waals surface area contributed by atoms with Gasteiger partial charge in [0, 0.05) is 31.8 Å². The molecule has 0 fully saturated rings. The second-order valence-electron chi connectivity index (χ2n) is 3.80. The topological polar surface area (TPSA) is 56.3 Å². The molecule has 0 saturated carbocycles. The second kappa shape index (κ2) is 6.88. The maximum absolute atomic E-state index is 5.47. The Balaban J connectivity index is 1.81. The fourth-order valence-electron chi connectivity index (χ4n) is 1.54. The molecule has 0 saturated heterocycles. The summed E-state index contributed by atoms with van der Waals surface area (Å²) in [6, 6.07) is 8.26. The molecule has 0 bridgehead atoms. The summed E-state index contributed by atoms with van der Waals surface area (Å²) in [5, 5.41) is 4.20. The van der Waals surface area contributed by atoms with Gasteiger partial charge in [-0.15, -0.1) is 0 Å². The van der Waals surface area contributed by atoms with Crippen molar-refractivity contribution >= 4 is 10.9 Å². The summed E-state index contributed by atoms with van der Waals surface area (Å²) in [6.45, 7) is 2.81. The Bertz CT molecular complexity index is 490. The van der Waals surface area contributed by atoms with Crippen molar-refractivity contribution in [3.05, 3.63) is 30.5 Å². The minimum atomic E-state index is 0.419. The quantitative estimate of drug-likeness (QED) is 0.746. The summed E-state index contributed by atoms with van der Waals surface area (Å²) in [7, 11) is 1.68. The van der Waals surface area contributed by atoms with Gasteiger partial charge in [-0.25, -0.2) is 4.98 Å². The van der Waals surface area contributed by atoms with Crippen molar-refractivity contribution in [2.45, 2.75) is 0 Å². The van der Waals surface area contributed by atoms with Crippen LogP contribution in [0.5, 0.6) is 6.01 Å². The first-order valence-corrected chi connectivity index (χ1v) is 5.94. The van der Waals surface area contributed by atoms with E-state index in [1.54, 1.807) is 13.3 Å². The number of benzene rings is 1. The fraction of sp³-hybridized carbons (Fsp3) is 0.385.